The number of aromatic nitrogens is 3. The van der Waals surface area contributed by atoms with Crippen molar-refractivity contribution in [3.63, 3.8) is 0 Å². The molecule has 0 radical (unpaired) electrons. The zero-order valence-electron chi connectivity index (χ0n) is 18.3. The summed E-state index contributed by atoms with van der Waals surface area (Å²) in [5, 5.41) is 14.3. The molecule has 0 spiro atoms. The van der Waals surface area contributed by atoms with Gasteiger partial charge >= 0.3 is 0 Å². The highest BCUT2D eigenvalue weighted by atomic mass is 32.2. The monoisotopic (exact) mass is 449 g/mol. The first-order chi connectivity index (χ1) is 15.5. The molecule has 1 aliphatic carbocycles. The highest BCUT2D eigenvalue weighted by molar-refractivity contribution is 7.99. The fraction of sp³-hybridized carbons (Fsp3) is 0.333. The van der Waals surface area contributed by atoms with Crippen LogP contribution in [0, 0.1) is 0 Å². The zero-order valence-corrected chi connectivity index (χ0v) is 19.1. The summed E-state index contributed by atoms with van der Waals surface area (Å²) in [6, 6.07) is 13.4. The van der Waals surface area contributed by atoms with Gasteiger partial charge in [0.15, 0.2) is 5.16 Å². The number of nitrogens with one attached hydrogen (secondary N) is 2. The van der Waals surface area contributed by atoms with Crippen LogP contribution in [0.1, 0.15) is 52.9 Å². The van der Waals surface area contributed by atoms with Gasteiger partial charge in [-0.25, -0.2) is 0 Å². The van der Waals surface area contributed by atoms with E-state index in [0.717, 1.165) is 18.4 Å². The van der Waals surface area contributed by atoms with Crippen molar-refractivity contribution in [1.82, 2.24) is 20.1 Å². The van der Waals surface area contributed by atoms with E-state index in [0.29, 0.717) is 16.4 Å². The SMILES string of the molecule is CC(NC(=O)c1ccc(NC(=O)CSc2nncn2C)cc1)c1ccc2c(c1)CCCC2. The van der Waals surface area contributed by atoms with Crippen LogP contribution in [0.15, 0.2) is 53.9 Å². The molecule has 3 aromatic rings. The predicted octanol–water partition coefficient (Wildman–Crippen LogP) is 3.92. The van der Waals surface area contributed by atoms with Crippen LogP contribution in [-0.2, 0) is 24.7 Å². The van der Waals surface area contributed by atoms with Gasteiger partial charge in [-0.05, 0) is 73.6 Å². The molecule has 1 aliphatic rings. The number of hydrogen-bond acceptors (Lipinski definition) is 5. The van der Waals surface area contributed by atoms with Crippen molar-refractivity contribution < 1.29 is 9.59 Å². The Morgan fingerprint density at radius 2 is 1.84 bits per heavy atom. The molecule has 166 valence electrons. The van der Waals surface area contributed by atoms with Crippen LogP contribution in [0.3, 0.4) is 0 Å². The Kier molecular flexibility index (Phi) is 6.90. The van der Waals surface area contributed by atoms with Crippen LogP contribution in [0.2, 0.25) is 0 Å². The average Bonchev–Trinajstić information content (AvgIpc) is 3.22. The van der Waals surface area contributed by atoms with E-state index < -0.39 is 0 Å². The minimum Gasteiger partial charge on any atom is -0.346 e. The molecule has 4 rings (SSSR count). The van der Waals surface area contributed by atoms with Crippen molar-refractivity contribution in [2.75, 3.05) is 11.1 Å². The van der Waals surface area contributed by atoms with Gasteiger partial charge in [0.2, 0.25) is 5.91 Å². The number of benzene rings is 2. The van der Waals surface area contributed by atoms with Gasteiger partial charge in [-0.2, -0.15) is 0 Å². The molecule has 1 aromatic heterocycles. The number of thioether (sulfide) groups is 1. The summed E-state index contributed by atoms with van der Waals surface area (Å²) in [4.78, 5) is 24.9. The number of fused-ring (bicyclic) bond motifs is 1. The van der Waals surface area contributed by atoms with Crippen molar-refractivity contribution in [2.24, 2.45) is 7.05 Å². The smallest absolute Gasteiger partial charge is 0.251 e. The molecule has 0 aliphatic heterocycles. The molecule has 7 nitrogen and oxygen atoms in total. The number of anilines is 1. The first kappa shape index (κ1) is 22.1. The van der Waals surface area contributed by atoms with Gasteiger partial charge in [-0.1, -0.05) is 30.0 Å². The molecule has 0 saturated heterocycles. The van der Waals surface area contributed by atoms with Crippen molar-refractivity contribution in [2.45, 2.75) is 43.8 Å². The molecule has 1 atom stereocenters. The average molecular weight is 450 g/mol. The Morgan fingerprint density at radius 1 is 1.09 bits per heavy atom. The lowest BCUT2D eigenvalue weighted by Crippen LogP contribution is -2.26. The van der Waals surface area contributed by atoms with Gasteiger partial charge in [0.25, 0.3) is 5.91 Å². The third-order valence-corrected chi connectivity index (χ3v) is 6.69. The van der Waals surface area contributed by atoms with Crippen LogP contribution in [0.25, 0.3) is 0 Å². The quantitative estimate of drug-likeness (QED) is 0.534. The summed E-state index contributed by atoms with van der Waals surface area (Å²) >= 11 is 1.32. The van der Waals surface area contributed by atoms with E-state index in [2.05, 4.69) is 39.0 Å². The van der Waals surface area contributed by atoms with Crippen molar-refractivity contribution in [3.05, 3.63) is 71.0 Å². The Bertz CT molecular complexity index is 1110. The number of amides is 2. The molecule has 32 heavy (non-hydrogen) atoms. The minimum absolute atomic E-state index is 0.0771. The summed E-state index contributed by atoms with van der Waals surface area (Å²) in [5.74, 6) is -0.0465. The van der Waals surface area contributed by atoms with Gasteiger partial charge in [-0.3, -0.25) is 9.59 Å². The molecule has 0 saturated carbocycles. The fourth-order valence-electron chi connectivity index (χ4n) is 3.82. The lowest BCUT2D eigenvalue weighted by molar-refractivity contribution is -0.113. The number of aryl methyl sites for hydroxylation is 3. The number of nitrogens with zero attached hydrogens (tertiary/aromatic N) is 3. The summed E-state index contributed by atoms with van der Waals surface area (Å²) in [5.41, 5.74) is 5.18. The highest BCUT2D eigenvalue weighted by Gasteiger charge is 2.15. The molecule has 2 amide bonds. The van der Waals surface area contributed by atoms with Gasteiger partial charge in [0.05, 0.1) is 11.8 Å². The molecule has 2 aromatic carbocycles. The van der Waals surface area contributed by atoms with Crippen LogP contribution >= 0.6 is 11.8 Å². The van der Waals surface area contributed by atoms with E-state index in [1.807, 2.05) is 14.0 Å². The first-order valence-electron chi connectivity index (χ1n) is 10.8. The summed E-state index contributed by atoms with van der Waals surface area (Å²) in [6.07, 6.45) is 6.36. The van der Waals surface area contributed by atoms with E-state index in [1.165, 1.54) is 35.7 Å². The third-order valence-electron chi connectivity index (χ3n) is 5.65. The largest absolute Gasteiger partial charge is 0.346 e. The second-order valence-corrected chi connectivity index (χ2v) is 9.01. The lowest BCUT2D eigenvalue weighted by atomic mass is 9.89. The molecule has 0 fully saturated rings. The summed E-state index contributed by atoms with van der Waals surface area (Å²) in [7, 11) is 1.83. The van der Waals surface area contributed by atoms with Crippen LogP contribution in [0.4, 0.5) is 5.69 Å². The topological polar surface area (TPSA) is 88.9 Å². The van der Waals surface area contributed by atoms with Crippen LogP contribution in [-0.4, -0.2) is 32.3 Å². The van der Waals surface area contributed by atoms with Crippen LogP contribution in [0.5, 0.6) is 0 Å². The number of rotatable bonds is 7. The maximum atomic E-state index is 12.7. The molecule has 1 unspecified atom stereocenters. The molecular formula is C24H27N5O2S. The molecule has 8 heteroatoms. The number of hydrogen-bond donors (Lipinski definition) is 2. The number of carbonyl (C=O) groups is 2. The Hall–Kier alpha value is -3.13. The van der Waals surface area contributed by atoms with Gasteiger partial charge < -0.3 is 15.2 Å². The van der Waals surface area contributed by atoms with E-state index >= 15 is 0 Å². The van der Waals surface area contributed by atoms with E-state index in [9.17, 15) is 9.59 Å². The van der Waals surface area contributed by atoms with Crippen molar-refractivity contribution in [3.8, 4) is 0 Å². The molecule has 2 N–H and O–H groups in total. The fourth-order valence-corrected chi connectivity index (χ4v) is 4.51. The zero-order chi connectivity index (χ0) is 22.5. The molecule has 0 bridgehead atoms. The second-order valence-electron chi connectivity index (χ2n) is 8.07. The standard InChI is InChI=1S/C24H27N5O2S/c1-16(19-8-7-17-5-3-4-6-20(17)13-19)26-23(31)18-9-11-21(12-10-18)27-22(30)14-32-24-28-25-15-29(24)2/h7-13,15-16H,3-6,14H2,1-2H3,(H,26,31)(H,27,30). The summed E-state index contributed by atoms with van der Waals surface area (Å²) in [6.45, 7) is 2.01. The Morgan fingerprint density at radius 3 is 2.56 bits per heavy atom. The maximum Gasteiger partial charge on any atom is 0.251 e. The van der Waals surface area contributed by atoms with E-state index in [1.54, 1.807) is 35.2 Å². The van der Waals surface area contributed by atoms with Gasteiger partial charge in [0.1, 0.15) is 6.33 Å². The first-order valence-corrected chi connectivity index (χ1v) is 11.8. The lowest BCUT2D eigenvalue weighted by Gasteiger charge is -2.20. The van der Waals surface area contributed by atoms with Crippen molar-refractivity contribution >= 4 is 29.3 Å². The normalized spacial score (nSPS) is 13.8. The predicted molar refractivity (Wildman–Crippen MR) is 126 cm³/mol. The second kappa shape index (κ2) is 9.99. The maximum absolute atomic E-state index is 12.7. The third kappa shape index (κ3) is 5.37. The van der Waals surface area contributed by atoms with E-state index in [4.69, 9.17) is 0 Å². The minimum atomic E-state index is -0.142. The van der Waals surface area contributed by atoms with E-state index in [-0.39, 0.29) is 23.6 Å². The number of carbonyl (C=O) groups excluding carboxylic acids is 2. The molecule has 1 heterocycles. The van der Waals surface area contributed by atoms with Gasteiger partial charge in [0, 0.05) is 18.3 Å². The summed E-state index contributed by atoms with van der Waals surface area (Å²) < 4.78 is 1.76. The van der Waals surface area contributed by atoms with Crippen molar-refractivity contribution in [1.29, 1.82) is 0 Å². The van der Waals surface area contributed by atoms with Gasteiger partial charge in [-0.15, -0.1) is 10.2 Å². The molecular weight excluding hydrogens is 422 g/mol. The Labute approximate surface area is 192 Å². The Balaban J connectivity index is 1.30. The highest BCUT2D eigenvalue weighted by Crippen LogP contribution is 2.25. The van der Waals surface area contributed by atoms with Crippen LogP contribution < -0.4 is 10.6 Å².